The van der Waals surface area contributed by atoms with Crippen molar-refractivity contribution in [3.63, 3.8) is 0 Å². The number of hydrogen-bond donors (Lipinski definition) is 0. The van der Waals surface area contributed by atoms with E-state index in [4.69, 9.17) is 30.5 Å². The highest BCUT2D eigenvalue weighted by Crippen LogP contribution is 2.42. The van der Waals surface area contributed by atoms with Gasteiger partial charge >= 0.3 is 5.97 Å². The molecule has 2 heterocycles. The summed E-state index contributed by atoms with van der Waals surface area (Å²) in [6, 6.07) is 27.6. The molecule has 2 aliphatic heterocycles. The lowest BCUT2D eigenvalue weighted by atomic mass is 9.99. The maximum atomic E-state index is 12.6. The molecule has 1 saturated heterocycles. The van der Waals surface area contributed by atoms with E-state index in [2.05, 4.69) is 46.2 Å². The number of para-hydroxylation sites is 1. The Bertz CT molecular complexity index is 1530. The van der Waals surface area contributed by atoms with Crippen LogP contribution in [0.5, 0.6) is 23.0 Å². The number of benzene rings is 4. The molecule has 1 fully saturated rings. The van der Waals surface area contributed by atoms with Crippen molar-refractivity contribution in [2.45, 2.75) is 6.54 Å². The fourth-order valence-electron chi connectivity index (χ4n) is 5.29. The molecule has 2 aliphatic rings. The molecule has 0 saturated carbocycles. The van der Waals surface area contributed by atoms with Crippen LogP contribution in [0, 0.1) is 0 Å². The van der Waals surface area contributed by atoms with Gasteiger partial charge in [-0.15, -0.1) is 0 Å². The molecular weight excluding hydrogens is 540 g/mol. The Morgan fingerprint density at radius 1 is 0.854 bits per heavy atom. The number of piperazine rings is 1. The Balaban J connectivity index is 1.18. The molecule has 0 spiro atoms. The molecule has 0 radical (unpaired) electrons. The van der Waals surface area contributed by atoms with Gasteiger partial charge in [0.25, 0.3) is 0 Å². The third-order valence-electron chi connectivity index (χ3n) is 7.42. The van der Waals surface area contributed by atoms with Crippen molar-refractivity contribution in [1.29, 1.82) is 0 Å². The van der Waals surface area contributed by atoms with Gasteiger partial charge in [-0.2, -0.15) is 0 Å². The molecule has 0 atom stereocenters. The second-order valence-electron chi connectivity index (χ2n) is 9.98. The number of anilines is 1. The molecule has 0 amide bonds. The van der Waals surface area contributed by atoms with Crippen molar-refractivity contribution in [2.24, 2.45) is 0 Å². The van der Waals surface area contributed by atoms with Crippen LogP contribution in [0.3, 0.4) is 0 Å². The Morgan fingerprint density at radius 3 is 2.44 bits per heavy atom. The van der Waals surface area contributed by atoms with E-state index in [1.54, 1.807) is 6.07 Å². The molecule has 0 N–H and O–H groups in total. The van der Waals surface area contributed by atoms with Crippen LogP contribution in [0.4, 0.5) is 5.69 Å². The van der Waals surface area contributed by atoms with Crippen LogP contribution in [0.1, 0.15) is 15.9 Å². The molecule has 0 bridgehead atoms. The van der Waals surface area contributed by atoms with Crippen molar-refractivity contribution in [2.75, 3.05) is 51.4 Å². The van der Waals surface area contributed by atoms with E-state index in [1.807, 2.05) is 42.5 Å². The van der Waals surface area contributed by atoms with Crippen LogP contribution in [-0.2, 0) is 11.3 Å². The van der Waals surface area contributed by atoms with E-state index in [0.29, 0.717) is 41.8 Å². The zero-order chi connectivity index (χ0) is 28.2. The smallest absolute Gasteiger partial charge is 0.341 e. The van der Waals surface area contributed by atoms with Gasteiger partial charge in [-0.3, -0.25) is 4.90 Å². The summed E-state index contributed by atoms with van der Waals surface area (Å²) in [5, 5.41) is 0.737. The molecule has 4 aromatic carbocycles. The van der Waals surface area contributed by atoms with Crippen molar-refractivity contribution in [3.05, 3.63) is 101 Å². The Kier molecular flexibility index (Phi) is 7.98. The molecule has 0 aromatic heterocycles. The first-order chi connectivity index (χ1) is 20.1. The number of methoxy groups -OCH3 is 1. The van der Waals surface area contributed by atoms with Crippen LogP contribution < -0.4 is 19.1 Å². The molecule has 41 heavy (non-hydrogen) atoms. The minimum Gasteiger partial charge on any atom is -0.486 e. The van der Waals surface area contributed by atoms with Crippen LogP contribution >= 0.6 is 11.6 Å². The maximum absolute atomic E-state index is 12.6. The number of carbonyl (C=O) groups excluding carboxylic acids is 1. The van der Waals surface area contributed by atoms with Crippen molar-refractivity contribution < 1.29 is 23.7 Å². The lowest BCUT2D eigenvalue weighted by molar-refractivity contribution is 0.0597. The van der Waals surface area contributed by atoms with Gasteiger partial charge < -0.3 is 23.8 Å². The molecular formula is C33H31ClN2O5. The predicted molar refractivity (Wildman–Crippen MR) is 160 cm³/mol. The number of rotatable bonds is 7. The summed E-state index contributed by atoms with van der Waals surface area (Å²) in [6.07, 6.45) is 0. The summed E-state index contributed by atoms with van der Waals surface area (Å²) in [7, 11) is 1.37. The van der Waals surface area contributed by atoms with E-state index in [1.165, 1.54) is 23.8 Å². The fraction of sp³-hybridized carbons (Fsp3) is 0.242. The van der Waals surface area contributed by atoms with Gasteiger partial charge in [0.15, 0.2) is 11.5 Å². The number of ether oxygens (including phenoxy) is 4. The third-order valence-corrected chi connectivity index (χ3v) is 7.68. The summed E-state index contributed by atoms with van der Waals surface area (Å²) in [4.78, 5) is 17.4. The topological polar surface area (TPSA) is 60.5 Å². The molecule has 7 nitrogen and oxygen atoms in total. The first-order valence-electron chi connectivity index (χ1n) is 13.7. The highest BCUT2D eigenvalue weighted by Gasteiger charge is 2.23. The van der Waals surface area contributed by atoms with E-state index in [-0.39, 0.29) is 0 Å². The van der Waals surface area contributed by atoms with Crippen LogP contribution in [0.15, 0.2) is 84.9 Å². The summed E-state index contributed by atoms with van der Waals surface area (Å²) < 4.78 is 22.8. The zero-order valence-corrected chi connectivity index (χ0v) is 23.6. The second kappa shape index (κ2) is 12.1. The number of esters is 1. The Morgan fingerprint density at radius 2 is 1.63 bits per heavy atom. The number of carbonyl (C=O) groups is 1. The predicted octanol–water partition coefficient (Wildman–Crippen LogP) is 6.68. The first-order valence-corrected chi connectivity index (χ1v) is 14.1. The second-order valence-corrected chi connectivity index (χ2v) is 10.4. The molecule has 0 unspecified atom stereocenters. The summed E-state index contributed by atoms with van der Waals surface area (Å²) in [5.41, 5.74) is 5.01. The van der Waals surface area contributed by atoms with E-state index in [0.717, 1.165) is 43.4 Å². The maximum Gasteiger partial charge on any atom is 0.341 e. The van der Waals surface area contributed by atoms with Gasteiger partial charge in [0, 0.05) is 49.5 Å². The van der Waals surface area contributed by atoms with Gasteiger partial charge in [-0.25, -0.2) is 4.79 Å². The zero-order valence-electron chi connectivity index (χ0n) is 22.8. The van der Waals surface area contributed by atoms with E-state index >= 15 is 0 Å². The van der Waals surface area contributed by atoms with E-state index < -0.39 is 5.97 Å². The monoisotopic (exact) mass is 570 g/mol. The van der Waals surface area contributed by atoms with Crippen LogP contribution in [0.2, 0.25) is 5.02 Å². The highest BCUT2D eigenvalue weighted by molar-refractivity contribution is 6.30. The highest BCUT2D eigenvalue weighted by atomic mass is 35.5. The number of hydrogen-bond acceptors (Lipinski definition) is 7. The minimum absolute atomic E-state index is 0.350. The molecule has 4 aromatic rings. The average Bonchev–Trinajstić information content (AvgIpc) is 3.02. The fourth-order valence-corrected chi connectivity index (χ4v) is 5.42. The normalized spacial score (nSPS) is 14.9. The largest absolute Gasteiger partial charge is 0.486 e. The van der Waals surface area contributed by atoms with Crippen LogP contribution in [0.25, 0.3) is 11.1 Å². The lowest BCUT2D eigenvalue weighted by Gasteiger charge is -2.36. The van der Waals surface area contributed by atoms with Gasteiger partial charge in [-0.05, 0) is 53.1 Å². The SMILES string of the molecule is COC(=O)c1ccc(N2CCN(Cc3ccccc3-c3ccc(Cl)cc3)CC2)cc1Oc1cccc2c1OCCO2. The van der Waals surface area contributed by atoms with Gasteiger partial charge in [0.05, 0.1) is 7.11 Å². The minimum atomic E-state index is -0.460. The third kappa shape index (κ3) is 5.97. The number of fused-ring (bicyclic) bond motifs is 1. The van der Waals surface area contributed by atoms with Crippen molar-refractivity contribution >= 4 is 23.3 Å². The number of halogens is 1. The van der Waals surface area contributed by atoms with Crippen molar-refractivity contribution in [1.82, 2.24) is 4.90 Å². The Hall–Kier alpha value is -4.20. The molecule has 6 rings (SSSR count). The van der Waals surface area contributed by atoms with E-state index in [9.17, 15) is 4.79 Å². The standard InChI is InChI=1S/C33H31ClN2O5/c1-38-33(37)28-14-13-26(21-31(28)41-30-8-4-7-29-32(30)40-20-19-39-29)36-17-15-35(16-18-36)22-24-5-2-3-6-27(24)23-9-11-25(34)12-10-23/h2-14,21H,15-20,22H2,1H3. The summed E-state index contributed by atoms with van der Waals surface area (Å²) in [6.45, 7) is 5.28. The average molecular weight is 571 g/mol. The van der Waals surface area contributed by atoms with Crippen LogP contribution in [-0.4, -0.2) is 57.4 Å². The summed E-state index contributed by atoms with van der Waals surface area (Å²) in [5.74, 6) is 1.60. The molecule has 210 valence electrons. The van der Waals surface area contributed by atoms with Gasteiger partial charge in [0.1, 0.15) is 24.5 Å². The first kappa shape index (κ1) is 27.0. The Labute approximate surface area is 244 Å². The molecule has 8 heteroatoms. The quantitative estimate of drug-likeness (QED) is 0.230. The van der Waals surface area contributed by atoms with Gasteiger partial charge in [-0.1, -0.05) is 54.1 Å². The number of nitrogens with zero attached hydrogens (tertiary/aromatic N) is 2. The van der Waals surface area contributed by atoms with Gasteiger partial charge in [0.2, 0.25) is 5.75 Å². The summed E-state index contributed by atoms with van der Waals surface area (Å²) >= 11 is 6.11. The van der Waals surface area contributed by atoms with Crippen molar-refractivity contribution in [3.8, 4) is 34.1 Å². The lowest BCUT2D eigenvalue weighted by Crippen LogP contribution is -2.46. The molecule has 0 aliphatic carbocycles.